The number of anilines is 2. The van der Waals surface area contributed by atoms with Crippen LogP contribution in [-0.4, -0.2) is 11.6 Å². The Labute approximate surface area is 194 Å². The lowest BCUT2D eigenvalue weighted by Crippen LogP contribution is -2.09. The average Bonchev–Trinajstić information content (AvgIpc) is 3.23. The van der Waals surface area contributed by atoms with E-state index in [-0.39, 0.29) is 0 Å². The summed E-state index contributed by atoms with van der Waals surface area (Å²) in [5, 5.41) is 2.57. The molecule has 2 nitrogen and oxygen atoms in total. The Hall–Kier alpha value is -4.30. The van der Waals surface area contributed by atoms with E-state index in [1.807, 2.05) is 0 Å². The van der Waals surface area contributed by atoms with E-state index in [4.69, 9.17) is 0 Å². The third-order valence-electron chi connectivity index (χ3n) is 6.44. The van der Waals surface area contributed by atoms with Crippen molar-refractivity contribution in [3.63, 3.8) is 0 Å². The summed E-state index contributed by atoms with van der Waals surface area (Å²) in [6, 6.07) is 45.3. The van der Waals surface area contributed by atoms with Crippen molar-refractivity contribution in [1.29, 1.82) is 0 Å². The van der Waals surface area contributed by atoms with E-state index in [1.54, 1.807) is 0 Å². The molecular weight excluding hydrogens is 400 g/mol. The van der Waals surface area contributed by atoms with Crippen molar-refractivity contribution in [3.8, 4) is 16.8 Å². The fourth-order valence-electron chi connectivity index (χ4n) is 4.68. The lowest BCUT2D eigenvalue weighted by molar-refractivity contribution is 1.16. The summed E-state index contributed by atoms with van der Waals surface area (Å²) in [4.78, 5) is 2.23. The van der Waals surface area contributed by atoms with Crippen molar-refractivity contribution in [2.24, 2.45) is 0 Å². The number of hydrogen-bond acceptors (Lipinski definition) is 1. The second-order valence-corrected chi connectivity index (χ2v) is 8.36. The van der Waals surface area contributed by atoms with Crippen molar-refractivity contribution in [2.75, 3.05) is 11.9 Å². The molecule has 0 N–H and O–H groups in total. The van der Waals surface area contributed by atoms with Crippen LogP contribution in [0.15, 0.2) is 127 Å². The molecule has 158 valence electrons. The monoisotopic (exact) mass is 424 g/mol. The van der Waals surface area contributed by atoms with Gasteiger partial charge in [0.15, 0.2) is 0 Å². The SMILES string of the molecule is CN(c1ccc(-c2ccccc2)cc1)c1ccc(-n2c3ccccc3c3ccccc32)cc1. The molecule has 0 unspecified atom stereocenters. The van der Waals surface area contributed by atoms with Gasteiger partial charge in [0.2, 0.25) is 0 Å². The van der Waals surface area contributed by atoms with Crippen LogP contribution in [0.4, 0.5) is 11.4 Å². The lowest BCUT2D eigenvalue weighted by atomic mass is 10.1. The summed E-state index contributed by atoms with van der Waals surface area (Å²) in [6.45, 7) is 0. The normalized spacial score (nSPS) is 11.2. The minimum Gasteiger partial charge on any atom is -0.345 e. The Morgan fingerprint density at radius 1 is 0.455 bits per heavy atom. The van der Waals surface area contributed by atoms with Gasteiger partial charge in [-0.15, -0.1) is 0 Å². The maximum absolute atomic E-state index is 2.35. The Bertz CT molecular complexity index is 1490. The molecule has 0 amide bonds. The molecule has 0 radical (unpaired) electrons. The molecule has 1 aromatic heterocycles. The maximum atomic E-state index is 2.35. The smallest absolute Gasteiger partial charge is 0.0541 e. The van der Waals surface area contributed by atoms with Crippen molar-refractivity contribution in [3.05, 3.63) is 127 Å². The summed E-state index contributed by atoms with van der Waals surface area (Å²) in [6.07, 6.45) is 0. The Morgan fingerprint density at radius 3 is 1.48 bits per heavy atom. The lowest BCUT2D eigenvalue weighted by Gasteiger charge is -2.20. The van der Waals surface area contributed by atoms with E-state index >= 15 is 0 Å². The molecule has 0 bridgehead atoms. The highest BCUT2D eigenvalue weighted by Crippen LogP contribution is 2.33. The third kappa shape index (κ3) is 3.37. The molecule has 6 aromatic rings. The number of fused-ring (bicyclic) bond motifs is 3. The van der Waals surface area contributed by atoms with Crippen LogP contribution < -0.4 is 4.90 Å². The van der Waals surface area contributed by atoms with Crippen LogP contribution in [0, 0.1) is 0 Å². The molecular formula is C31H24N2. The summed E-state index contributed by atoms with van der Waals surface area (Å²) in [7, 11) is 2.12. The van der Waals surface area contributed by atoms with Crippen molar-refractivity contribution in [2.45, 2.75) is 0 Å². The van der Waals surface area contributed by atoms with Gasteiger partial charge in [0.1, 0.15) is 0 Å². The van der Waals surface area contributed by atoms with Crippen LogP contribution in [0.3, 0.4) is 0 Å². The van der Waals surface area contributed by atoms with Gasteiger partial charge in [-0.2, -0.15) is 0 Å². The molecule has 0 fully saturated rings. The first-order chi connectivity index (χ1) is 16.3. The van der Waals surface area contributed by atoms with Gasteiger partial charge in [-0.25, -0.2) is 0 Å². The molecule has 33 heavy (non-hydrogen) atoms. The first-order valence-corrected chi connectivity index (χ1v) is 11.3. The topological polar surface area (TPSA) is 8.17 Å². The summed E-state index contributed by atoms with van der Waals surface area (Å²) < 4.78 is 2.35. The van der Waals surface area contributed by atoms with Crippen LogP contribution in [0.25, 0.3) is 38.6 Å². The molecule has 0 atom stereocenters. The van der Waals surface area contributed by atoms with Gasteiger partial charge in [0.25, 0.3) is 0 Å². The van der Waals surface area contributed by atoms with Crippen molar-refractivity contribution < 1.29 is 0 Å². The quantitative estimate of drug-likeness (QED) is 0.277. The van der Waals surface area contributed by atoms with Crippen LogP contribution in [-0.2, 0) is 0 Å². The van der Waals surface area contributed by atoms with Crippen LogP contribution in [0.2, 0.25) is 0 Å². The predicted octanol–water partition coefficient (Wildman–Crippen LogP) is 8.22. The zero-order valence-electron chi connectivity index (χ0n) is 18.5. The van der Waals surface area contributed by atoms with Gasteiger partial charge < -0.3 is 9.47 Å². The minimum atomic E-state index is 1.16. The van der Waals surface area contributed by atoms with Gasteiger partial charge in [0.05, 0.1) is 11.0 Å². The van der Waals surface area contributed by atoms with Gasteiger partial charge >= 0.3 is 0 Å². The van der Waals surface area contributed by atoms with Gasteiger partial charge in [-0.3, -0.25) is 0 Å². The van der Waals surface area contributed by atoms with Crippen LogP contribution in [0.1, 0.15) is 0 Å². The second-order valence-electron chi connectivity index (χ2n) is 8.36. The first-order valence-electron chi connectivity index (χ1n) is 11.3. The number of nitrogens with zero attached hydrogens (tertiary/aromatic N) is 2. The van der Waals surface area contributed by atoms with Crippen LogP contribution in [0.5, 0.6) is 0 Å². The number of aromatic nitrogens is 1. The van der Waals surface area contributed by atoms with Gasteiger partial charge in [-0.1, -0.05) is 78.9 Å². The number of para-hydroxylation sites is 2. The summed E-state index contributed by atoms with van der Waals surface area (Å²) in [5.41, 5.74) is 8.43. The van der Waals surface area contributed by atoms with Crippen molar-refractivity contribution >= 4 is 33.2 Å². The average molecular weight is 425 g/mol. The molecule has 0 aliphatic rings. The highest BCUT2D eigenvalue weighted by atomic mass is 15.1. The Balaban J connectivity index is 1.34. The van der Waals surface area contributed by atoms with E-state index in [1.165, 1.54) is 44.3 Å². The van der Waals surface area contributed by atoms with E-state index in [0.29, 0.717) is 0 Å². The fourth-order valence-corrected chi connectivity index (χ4v) is 4.68. The minimum absolute atomic E-state index is 1.16. The Kier molecular flexibility index (Phi) is 4.70. The molecule has 0 aliphatic heterocycles. The predicted molar refractivity (Wildman–Crippen MR) is 141 cm³/mol. The molecule has 1 heterocycles. The number of rotatable bonds is 4. The molecule has 0 aliphatic carbocycles. The zero-order chi connectivity index (χ0) is 22.2. The fraction of sp³-hybridized carbons (Fsp3) is 0.0323. The molecule has 0 saturated heterocycles. The highest BCUT2D eigenvalue weighted by molar-refractivity contribution is 6.09. The van der Waals surface area contributed by atoms with Crippen LogP contribution >= 0.6 is 0 Å². The standard InChI is InChI=1S/C31H24N2/c1-32(25-17-15-24(16-18-25)23-9-3-2-4-10-23)26-19-21-27(22-20-26)33-30-13-7-5-11-28(30)29-12-6-8-14-31(29)33/h2-22H,1H3. The van der Waals surface area contributed by atoms with E-state index in [9.17, 15) is 0 Å². The molecule has 0 spiro atoms. The zero-order valence-corrected chi connectivity index (χ0v) is 18.5. The van der Waals surface area contributed by atoms with E-state index in [0.717, 1.165) is 5.69 Å². The third-order valence-corrected chi connectivity index (χ3v) is 6.44. The largest absolute Gasteiger partial charge is 0.345 e. The summed E-state index contributed by atoms with van der Waals surface area (Å²) in [5.74, 6) is 0. The van der Waals surface area contributed by atoms with Gasteiger partial charge in [-0.05, 0) is 59.7 Å². The summed E-state index contributed by atoms with van der Waals surface area (Å²) >= 11 is 0. The molecule has 2 heteroatoms. The highest BCUT2D eigenvalue weighted by Gasteiger charge is 2.12. The second kappa shape index (κ2) is 7.99. The van der Waals surface area contributed by atoms with Crippen molar-refractivity contribution in [1.82, 2.24) is 4.57 Å². The first kappa shape index (κ1) is 19.4. The number of benzene rings is 5. The molecule has 0 saturated carbocycles. The van der Waals surface area contributed by atoms with E-state index in [2.05, 4.69) is 144 Å². The molecule has 5 aromatic carbocycles. The number of hydrogen-bond donors (Lipinski definition) is 0. The van der Waals surface area contributed by atoms with Gasteiger partial charge in [0, 0.05) is 34.9 Å². The Morgan fingerprint density at radius 2 is 0.909 bits per heavy atom. The van der Waals surface area contributed by atoms with E-state index < -0.39 is 0 Å². The molecule has 6 rings (SSSR count). The maximum Gasteiger partial charge on any atom is 0.0541 e.